The zero-order valence-corrected chi connectivity index (χ0v) is 11.3. The monoisotopic (exact) mass is 288 g/mol. The molecule has 7 heteroatoms. The van der Waals surface area contributed by atoms with Crippen LogP contribution in [0.4, 0.5) is 0 Å². The van der Waals surface area contributed by atoms with Crippen LogP contribution < -0.4 is 20.6 Å². The maximum atomic E-state index is 11.1. The lowest BCUT2D eigenvalue weighted by atomic mass is 10.3. The fourth-order valence-corrected chi connectivity index (χ4v) is 1.75. The lowest BCUT2D eigenvalue weighted by Crippen LogP contribution is -2.41. The average molecular weight is 288 g/mol. The van der Waals surface area contributed by atoms with Crippen molar-refractivity contribution in [2.75, 3.05) is 0 Å². The molecular weight excluding hydrogens is 272 g/mol. The number of ether oxygens (including phenoxy) is 1. The first-order valence-electron chi connectivity index (χ1n) is 6.22. The summed E-state index contributed by atoms with van der Waals surface area (Å²) in [5, 5.41) is 0. The number of aromatic nitrogens is 2. The highest BCUT2D eigenvalue weighted by atomic mass is 16.5. The van der Waals surface area contributed by atoms with Crippen LogP contribution in [0.1, 0.15) is 20.7 Å². The van der Waals surface area contributed by atoms with Gasteiger partial charge in [-0.2, -0.15) is 9.13 Å². The molecule has 2 amide bonds. The van der Waals surface area contributed by atoms with E-state index < -0.39 is 11.8 Å². The Balaban J connectivity index is 1.95. The Morgan fingerprint density at radius 1 is 0.905 bits per heavy atom. The highest BCUT2D eigenvalue weighted by molar-refractivity contribution is 5.92. The van der Waals surface area contributed by atoms with Crippen LogP contribution in [0.3, 0.4) is 0 Å². The van der Waals surface area contributed by atoms with E-state index in [1.54, 1.807) is 58.2 Å². The average Bonchev–Trinajstić information content (AvgIpc) is 2.48. The third-order valence-electron chi connectivity index (χ3n) is 2.77. The first kappa shape index (κ1) is 14.6. The Bertz CT molecular complexity index is 615. The van der Waals surface area contributed by atoms with Gasteiger partial charge in [-0.3, -0.25) is 14.3 Å². The van der Waals surface area contributed by atoms with Crippen molar-refractivity contribution in [3.8, 4) is 0 Å². The smallest absolute Gasteiger partial charge is 0.257 e. The van der Waals surface area contributed by atoms with Crippen molar-refractivity contribution < 1.29 is 23.5 Å². The number of primary amides is 2. The Morgan fingerprint density at radius 2 is 1.33 bits per heavy atom. The van der Waals surface area contributed by atoms with Crippen molar-refractivity contribution in [2.45, 2.75) is 13.5 Å². The molecule has 7 nitrogen and oxygen atoms in total. The van der Waals surface area contributed by atoms with Crippen molar-refractivity contribution in [3.63, 3.8) is 0 Å². The number of carbonyl (C=O) groups excluding carboxylic acids is 2. The van der Waals surface area contributed by atoms with Gasteiger partial charge in [0.1, 0.15) is 11.1 Å². The predicted molar refractivity (Wildman–Crippen MR) is 71.4 cm³/mol. The number of nitrogens with two attached hydrogens (primary N) is 2. The second kappa shape index (κ2) is 6.58. The summed E-state index contributed by atoms with van der Waals surface area (Å²) in [6.07, 6.45) is 6.73. The Kier molecular flexibility index (Phi) is 4.57. The molecule has 0 saturated carbocycles. The maximum absolute atomic E-state index is 11.1. The molecule has 2 heterocycles. The van der Waals surface area contributed by atoms with Crippen molar-refractivity contribution in [2.24, 2.45) is 11.5 Å². The Labute approximate surface area is 121 Å². The summed E-state index contributed by atoms with van der Waals surface area (Å²) in [6.45, 7) is 0.490. The number of hydrogen-bond donors (Lipinski definition) is 2. The maximum Gasteiger partial charge on any atom is 0.257 e. The van der Waals surface area contributed by atoms with E-state index in [9.17, 15) is 9.59 Å². The summed E-state index contributed by atoms with van der Waals surface area (Å²) in [6, 6.07) is 6.68. The number of amides is 2. The molecule has 2 aromatic rings. The van der Waals surface area contributed by atoms with Crippen LogP contribution in [0.2, 0.25) is 0 Å². The topological polar surface area (TPSA) is 103 Å². The van der Waals surface area contributed by atoms with Crippen molar-refractivity contribution in [1.29, 1.82) is 0 Å². The number of nitrogens with zero attached hydrogens (tertiary/aromatic N) is 2. The molecule has 0 aliphatic carbocycles. The highest BCUT2D eigenvalue weighted by Crippen LogP contribution is 1.93. The van der Waals surface area contributed by atoms with Gasteiger partial charge in [-0.15, -0.1) is 0 Å². The van der Waals surface area contributed by atoms with E-state index in [4.69, 9.17) is 16.2 Å². The van der Waals surface area contributed by atoms with Crippen LogP contribution in [0.15, 0.2) is 49.1 Å². The van der Waals surface area contributed by atoms with Gasteiger partial charge >= 0.3 is 0 Å². The summed E-state index contributed by atoms with van der Waals surface area (Å²) in [5.74, 6) is -0.985. The Hall–Kier alpha value is -2.80. The predicted octanol–water partition coefficient (Wildman–Crippen LogP) is -0.909. The minimum absolute atomic E-state index is 0.245. The van der Waals surface area contributed by atoms with E-state index >= 15 is 0 Å². The SMILES string of the molecule is NC(=O)c1ccc[n+](COC[n+]2cccc(C(N)=O)c2)c1. The molecule has 0 atom stereocenters. The van der Waals surface area contributed by atoms with E-state index in [1.165, 1.54) is 0 Å². The van der Waals surface area contributed by atoms with E-state index in [0.717, 1.165) is 0 Å². The van der Waals surface area contributed by atoms with Crippen LogP contribution in [0.5, 0.6) is 0 Å². The van der Waals surface area contributed by atoms with E-state index in [2.05, 4.69) is 0 Å². The molecule has 0 fully saturated rings. The second-order valence-corrected chi connectivity index (χ2v) is 4.40. The molecule has 0 aromatic carbocycles. The summed E-state index contributed by atoms with van der Waals surface area (Å²) >= 11 is 0. The lowest BCUT2D eigenvalue weighted by molar-refractivity contribution is -0.788. The standard InChI is InChI=1S/C14H14N4O3/c15-13(19)11-3-1-5-17(7-11)9-21-10-18-6-2-4-12(8-18)14(16)20/h1-8H,9-10H2,(H2-2,15,16,19,20)/p+2. The fraction of sp³-hybridized carbons (Fsp3) is 0.143. The number of hydrogen-bond acceptors (Lipinski definition) is 3. The first-order chi connectivity index (χ1) is 10.1. The van der Waals surface area contributed by atoms with Crippen LogP contribution in [0, 0.1) is 0 Å². The largest absolute Gasteiger partial charge is 0.365 e. The number of pyridine rings is 2. The molecule has 2 aromatic heterocycles. The van der Waals surface area contributed by atoms with E-state index in [1.807, 2.05) is 0 Å². The van der Waals surface area contributed by atoms with Crippen molar-refractivity contribution in [1.82, 2.24) is 0 Å². The number of rotatable bonds is 6. The summed E-state index contributed by atoms with van der Waals surface area (Å²) in [7, 11) is 0. The van der Waals surface area contributed by atoms with Crippen LogP contribution >= 0.6 is 0 Å². The van der Waals surface area contributed by atoms with Crippen LogP contribution in [-0.4, -0.2) is 11.8 Å². The fourth-order valence-electron chi connectivity index (χ4n) is 1.75. The van der Waals surface area contributed by atoms with E-state index in [0.29, 0.717) is 11.1 Å². The third-order valence-corrected chi connectivity index (χ3v) is 2.77. The third kappa shape index (κ3) is 4.08. The molecule has 0 saturated heterocycles. The molecule has 0 bridgehead atoms. The first-order valence-corrected chi connectivity index (χ1v) is 6.22. The molecule has 0 radical (unpaired) electrons. The summed E-state index contributed by atoms with van der Waals surface area (Å²) in [5.41, 5.74) is 11.2. The minimum atomic E-state index is -0.493. The summed E-state index contributed by atoms with van der Waals surface area (Å²) in [4.78, 5) is 22.1. The van der Waals surface area contributed by atoms with Gasteiger partial charge in [0.2, 0.25) is 0 Å². The minimum Gasteiger partial charge on any atom is -0.365 e. The molecule has 4 N–H and O–H groups in total. The molecule has 0 spiro atoms. The van der Waals surface area contributed by atoms with Gasteiger partial charge < -0.3 is 11.5 Å². The molecule has 0 aliphatic rings. The van der Waals surface area contributed by atoms with Crippen molar-refractivity contribution >= 4 is 11.8 Å². The highest BCUT2D eigenvalue weighted by Gasteiger charge is 2.10. The van der Waals surface area contributed by atoms with Gasteiger partial charge in [0.05, 0.1) is 0 Å². The molecule has 0 unspecified atom stereocenters. The Morgan fingerprint density at radius 3 is 1.71 bits per heavy atom. The van der Waals surface area contributed by atoms with Gasteiger partial charge in [0, 0.05) is 12.1 Å². The normalized spacial score (nSPS) is 10.3. The molecule has 0 aliphatic heterocycles. The lowest BCUT2D eigenvalue weighted by Gasteiger charge is -2.00. The zero-order chi connectivity index (χ0) is 15.2. The van der Waals surface area contributed by atoms with Crippen LogP contribution in [-0.2, 0) is 18.2 Å². The molecular formula is C14H16N4O3+2. The van der Waals surface area contributed by atoms with Crippen LogP contribution in [0.25, 0.3) is 0 Å². The van der Waals surface area contributed by atoms with E-state index in [-0.39, 0.29) is 13.5 Å². The zero-order valence-electron chi connectivity index (χ0n) is 11.3. The molecule has 21 heavy (non-hydrogen) atoms. The van der Waals surface area contributed by atoms with Gasteiger partial charge in [-0.05, 0) is 12.1 Å². The van der Waals surface area contributed by atoms with Crippen molar-refractivity contribution in [3.05, 3.63) is 60.2 Å². The molecule has 2 rings (SSSR count). The van der Waals surface area contributed by atoms with Gasteiger partial charge in [0.15, 0.2) is 24.8 Å². The summed E-state index contributed by atoms with van der Waals surface area (Å²) < 4.78 is 8.88. The van der Waals surface area contributed by atoms with Gasteiger partial charge in [-0.1, -0.05) is 0 Å². The second-order valence-electron chi connectivity index (χ2n) is 4.40. The quantitative estimate of drug-likeness (QED) is 0.673. The number of carbonyl (C=O) groups is 2. The molecule has 108 valence electrons. The van der Waals surface area contributed by atoms with Gasteiger partial charge in [0.25, 0.3) is 25.3 Å². The van der Waals surface area contributed by atoms with Gasteiger partial charge in [-0.25, -0.2) is 0 Å².